The number of halogens is 3. The second kappa shape index (κ2) is 11.7. The monoisotopic (exact) mass is 414 g/mol. The average Bonchev–Trinajstić information content (AvgIpc) is 3.15. The van der Waals surface area contributed by atoms with Crippen molar-refractivity contribution in [2.75, 3.05) is 26.3 Å². The minimum absolute atomic E-state index is 0.101. The van der Waals surface area contributed by atoms with Gasteiger partial charge in [0.05, 0.1) is 13.2 Å². The molecule has 0 unspecified atom stereocenters. The number of thiazole rings is 1. The van der Waals surface area contributed by atoms with Gasteiger partial charge in [-0.25, -0.2) is 9.98 Å². The van der Waals surface area contributed by atoms with Crippen LogP contribution in [-0.2, 0) is 23.9 Å². The highest BCUT2D eigenvalue weighted by Crippen LogP contribution is 2.30. The first-order valence-corrected chi connectivity index (χ1v) is 10.0. The molecule has 0 saturated carbocycles. The molecular weight excluding hydrogens is 389 g/mol. The van der Waals surface area contributed by atoms with Crippen molar-refractivity contribution in [2.45, 2.75) is 32.5 Å². The normalized spacial score (nSPS) is 12.2. The number of rotatable bonds is 10. The van der Waals surface area contributed by atoms with E-state index in [-0.39, 0.29) is 6.54 Å². The molecule has 0 radical (unpaired) electrons. The molecule has 1 aromatic heterocycles. The fourth-order valence-corrected chi connectivity index (χ4v) is 3.04. The third-order valence-corrected chi connectivity index (χ3v) is 4.53. The third kappa shape index (κ3) is 8.26. The molecule has 1 heterocycles. The van der Waals surface area contributed by atoms with Gasteiger partial charge in [0, 0.05) is 25.1 Å². The van der Waals surface area contributed by atoms with E-state index in [1.54, 1.807) is 0 Å². The van der Waals surface area contributed by atoms with Gasteiger partial charge in [-0.2, -0.15) is 13.2 Å². The Morgan fingerprint density at radius 3 is 2.64 bits per heavy atom. The number of hydrogen-bond donors (Lipinski definition) is 2. The molecule has 0 fully saturated rings. The average molecular weight is 414 g/mol. The molecule has 28 heavy (non-hydrogen) atoms. The van der Waals surface area contributed by atoms with Crippen LogP contribution >= 0.6 is 11.3 Å². The Balaban J connectivity index is 1.66. The van der Waals surface area contributed by atoms with Gasteiger partial charge in [0.15, 0.2) is 11.7 Å². The predicted octanol–water partition coefficient (Wildman–Crippen LogP) is 3.87. The van der Waals surface area contributed by atoms with Gasteiger partial charge in [-0.1, -0.05) is 30.3 Å². The van der Waals surface area contributed by atoms with E-state index in [0.29, 0.717) is 37.3 Å². The molecule has 5 nitrogen and oxygen atoms in total. The van der Waals surface area contributed by atoms with E-state index < -0.39 is 11.9 Å². The second-order valence-electron chi connectivity index (χ2n) is 5.95. The van der Waals surface area contributed by atoms with Crippen molar-refractivity contribution in [2.24, 2.45) is 4.99 Å². The Morgan fingerprint density at radius 1 is 1.18 bits per heavy atom. The van der Waals surface area contributed by atoms with Gasteiger partial charge in [0.25, 0.3) is 0 Å². The number of aromatic nitrogens is 1. The van der Waals surface area contributed by atoms with Gasteiger partial charge in [-0.05, 0) is 25.3 Å². The van der Waals surface area contributed by atoms with Crippen molar-refractivity contribution in [3.63, 3.8) is 0 Å². The number of alkyl halides is 3. The fraction of sp³-hybridized carbons (Fsp3) is 0.474. The fourth-order valence-electron chi connectivity index (χ4n) is 2.32. The quantitative estimate of drug-likeness (QED) is 0.352. The van der Waals surface area contributed by atoms with Crippen LogP contribution in [0.1, 0.15) is 29.6 Å². The molecule has 2 aromatic rings. The summed E-state index contributed by atoms with van der Waals surface area (Å²) in [5.74, 6) is 0.551. The van der Waals surface area contributed by atoms with Crippen LogP contribution in [0.5, 0.6) is 0 Å². The summed E-state index contributed by atoms with van der Waals surface area (Å²) in [4.78, 5) is 7.87. The first-order chi connectivity index (χ1) is 13.5. The molecule has 9 heteroatoms. The van der Waals surface area contributed by atoms with Crippen LogP contribution in [0.25, 0.3) is 0 Å². The van der Waals surface area contributed by atoms with E-state index in [4.69, 9.17) is 4.74 Å². The van der Waals surface area contributed by atoms with E-state index in [0.717, 1.165) is 29.6 Å². The van der Waals surface area contributed by atoms with Gasteiger partial charge >= 0.3 is 6.18 Å². The van der Waals surface area contributed by atoms with Gasteiger partial charge < -0.3 is 15.4 Å². The lowest BCUT2D eigenvalue weighted by Gasteiger charge is -2.11. The molecule has 0 aliphatic carbocycles. The molecule has 154 valence electrons. The van der Waals surface area contributed by atoms with Gasteiger partial charge in [0.1, 0.15) is 5.01 Å². The molecule has 2 N–H and O–H groups in total. The molecule has 0 bridgehead atoms. The lowest BCUT2D eigenvalue weighted by atomic mass is 10.2. The maximum Gasteiger partial charge on any atom is 0.434 e. The third-order valence-electron chi connectivity index (χ3n) is 3.69. The van der Waals surface area contributed by atoms with Crippen LogP contribution < -0.4 is 10.6 Å². The number of nitrogens with zero attached hydrogens (tertiary/aromatic N) is 2. The summed E-state index contributed by atoms with van der Waals surface area (Å²) in [7, 11) is 0. The zero-order chi connectivity index (χ0) is 20.2. The number of aliphatic imine (C=N–C) groups is 1. The van der Waals surface area contributed by atoms with Crippen LogP contribution in [-0.4, -0.2) is 37.2 Å². The molecule has 2 rings (SSSR count). The van der Waals surface area contributed by atoms with Gasteiger partial charge in [-0.15, -0.1) is 11.3 Å². The smallest absolute Gasteiger partial charge is 0.381 e. The Morgan fingerprint density at radius 2 is 1.96 bits per heavy atom. The van der Waals surface area contributed by atoms with Crippen LogP contribution in [0.2, 0.25) is 0 Å². The number of benzene rings is 1. The van der Waals surface area contributed by atoms with E-state index in [1.165, 1.54) is 5.56 Å². The predicted molar refractivity (Wildman–Crippen MR) is 106 cm³/mol. The Bertz CT molecular complexity index is 719. The Labute approximate surface area is 167 Å². The SMILES string of the molecule is CCNC(=NCc1nc(C(F)(F)F)cs1)NCCCOCCc1ccccc1. The topological polar surface area (TPSA) is 58.5 Å². The van der Waals surface area contributed by atoms with Crippen molar-refractivity contribution >= 4 is 17.3 Å². The lowest BCUT2D eigenvalue weighted by molar-refractivity contribution is -0.140. The molecule has 0 aliphatic rings. The van der Waals surface area contributed by atoms with Crippen molar-refractivity contribution < 1.29 is 17.9 Å². The summed E-state index contributed by atoms with van der Waals surface area (Å²) in [6.07, 6.45) is -2.73. The highest BCUT2D eigenvalue weighted by Gasteiger charge is 2.33. The molecule has 1 aromatic carbocycles. The highest BCUT2D eigenvalue weighted by molar-refractivity contribution is 7.09. The first-order valence-electron chi connectivity index (χ1n) is 9.14. The highest BCUT2D eigenvalue weighted by atomic mass is 32.1. The maximum absolute atomic E-state index is 12.6. The summed E-state index contributed by atoms with van der Waals surface area (Å²) in [6.45, 7) is 4.64. The van der Waals surface area contributed by atoms with Crippen molar-refractivity contribution in [1.29, 1.82) is 0 Å². The summed E-state index contributed by atoms with van der Waals surface area (Å²) >= 11 is 0.958. The summed E-state index contributed by atoms with van der Waals surface area (Å²) in [5, 5.41) is 7.56. The van der Waals surface area contributed by atoms with E-state index >= 15 is 0 Å². The second-order valence-corrected chi connectivity index (χ2v) is 6.89. The zero-order valence-electron chi connectivity index (χ0n) is 15.8. The van der Waals surface area contributed by atoms with E-state index in [1.807, 2.05) is 25.1 Å². The standard InChI is InChI=1S/C19H25F3N4OS/c1-2-23-18(25-13-17-26-16(14-28-17)19(20,21)22)24-10-6-11-27-12-9-15-7-4-3-5-8-15/h3-5,7-8,14H,2,6,9-13H2,1H3,(H2,23,24,25). The summed E-state index contributed by atoms with van der Waals surface area (Å²) in [6, 6.07) is 10.2. The van der Waals surface area contributed by atoms with Crippen molar-refractivity contribution in [1.82, 2.24) is 15.6 Å². The minimum Gasteiger partial charge on any atom is -0.381 e. The molecule has 0 saturated heterocycles. The van der Waals surface area contributed by atoms with Crippen LogP contribution in [0, 0.1) is 0 Å². The number of nitrogens with one attached hydrogen (secondary N) is 2. The molecule has 0 aliphatic heterocycles. The van der Waals surface area contributed by atoms with Gasteiger partial charge in [0.2, 0.25) is 0 Å². The van der Waals surface area contributed by atoms with E-state index in [2.05, 4.69) is 32.7 Å². The molecule has 0 spiro atoms. The number of guanidine groups is 1. The van der Waals surface area contributed by atoms with E-state index in [9.17, 15) is 13.2 Å². The van der Waals surface area contributed by atoms with Gasteiger partial charge in [-0.3, -0.25) is 0 Å². The summed E-state index contributed by atoms with van der Waals surface area (Å²) in [5.41, 5.74) is 0.381. The first kappa shape index (κ1) is 22.2. The lowest BCUT2D eigenvalue weighted by Crippen LogP contribution is -2.38. The number of hydrogen-bond acceptors (Lipinski definition) is 4. The molecular formula is C19H25F3N4OS. The summed E-state index contributed by atoms with van der Waals surface area (Å²) < 4.78 is 43.4. The maximum atomic E-state index is 12.6. The minimum atomic E-state index is -4.41. The molecule has 0 amide bonds. The zero-order valence-corrected chi connectivity index (χ0v) is 16.6. The largest absolute Gasteiger partial charge is 0.434 e. The number of ether oxygens (including phenoxy) is 1. The Kier molecular flexibility index (Phi) is 9.22. The van der Waals surface area contributed by atoms with Crippen molar-refractivity contribution in [3.8, 4) is 0 Å². The van der Waals surface area contributed by atoms with Crippen LogP contribution in [0.4, 0.5) is 13.2 Å². The van der Waals surface area contributed by atoms with Crippen LogP contribution in [0.15, 0.2) is 40.7 Å². The Hall–Kier alpha value is -2.13. The van der Waals surface area contributed by atoms with Crippen LogP contribution in [0.3, 0.4) is 0 Å². The van der Waals surface area contributed by atoms with Crippen molar-refractivity contribution in [3.05, 3.63) is 52.0 Å². The molecule has 0 atom stereocenters.